The third-order valence-electron chi connectivity index (χ3n) is 7.53. The van der Waals surface area contributed by atoms with Crippen molar-refractivity contribution in [3.8, 4) is 0 Å². The molecule has 0 heterocycles. The minimum atomic E-state index is -0.427. The number of carbonyl (C=O) groups excluding carboxylic acids is 1. The summed E-state index contributed by atoms with van der Waals surface area (Å²) < 4.78 is 10.7. The second kappa shape index (κ2) is 6.79. The Balaban J connectivity index is 2.21. The van der Waals surface area contributed by atoms with E-state index in [1.165, 1.54) is 7.11 Å². The van der Waals surface area contributed by atoms with Gasteiger partial charge in [0.15, 0.2) is 0 Å². The van der Waals surface area contributed by atoms with E-state index < -0.39 is 6.10 Å². The van der Waals surface area contributed by atoms with Crippen LogP contribution in [0.15, 0.2) is 22.8 Å². The molecule has 146 valence electrons. The van der Waals surface area contributed by atoms with Gasteiger partial charge in [0.2, 0.25) is 0 Å². The maximum absolute atomic E-state index is 12.6. The van der Waals surface area contributed by atoms with Gasteiger partial charge < -0.3 is 14.6 Å². The molecule has 26 heavy (non-hydrogen) atoms. The van der Waals surface area contributed by atoms with E-state index in [4.69, 9.17) is 9.47 Å². The van der Waals surface area contributed by atoms with Crippen molar-refractivity contribution in [3.05, 3.63) is 22.8 Å². The van der Waals surface area contributed by atoms with Gasteiger partial charge in [-0.1, -0.05) is 33.8 Å². The molecule has 0 amide bonds. The molecule has 3 rings (SSSR count). The molecular formula is C22H34O4. The summed E-state index contributed by atoms with van der Waals surface area (Å²) in [6.07, 6.45) is 6.19. The zero-order chi connectivity index (χ0) is 19.3. The quantitative estimate of drug-likeness (QED) is 0.770. The second-order valence-corrected chi connectivity index (χ2v) is 9.26. The van der Waals surface area contributed by atoms with Crippen molar-refractivity contribution in [1.29, 1.82) is 0 Å². The number of aliphatic hydroxyl groups excluding tert-OH is 1. The standard InChI is InChI=1S/C22H34O4/c1-13(2)14-12-17(23)15-11-16-19(20(24)26-6)18(25-5)7-8-21(16,3)9-10-22(14,15)4/h11,13-14,17-18,23H,7-10,12H2,1-6H3/t14-,17+,18+,21+,22-/m1/s1. The summed E-state index contributed by atoms with van der Waals surface area (Å²) in [7, 11) is 3.09. The number of methoxy groups -OCH3 is 2. The zero-order valence-corrected chi connectivity index (χ0v) is 17.1. The van der Waals surface area contributed by atoms with Gasteiger partial charge in [-0.15, -0.1) is 0 Å². The number of esters is 1. The fraction of sp³-hybridized carbons (Fsp3) is 0.773. The first-order valence-corrected chi connectivity index (χ1v) is 9.94. The van der Waals surface area contributed by atoms with Gasteiger partial charge in [-0.05, 0) is 65.9 Å². The average molecular weight is 363 g/mol. The van der Waals surface area contributed by atoms with Crippen LogP contribution in [-0.4, -0.2) is 37.5 Å². The number of allylic oxidation sites excluding steroid dienone is 2. The van der Waals surface area contributed by atoms with Crippen LogP contribution < -0.4 is 0 Å². The Labute approximate surface area is 157 Å². The highest BCUT2D eigenvalue weighted by Gasteiger charge is 2.52. The molecule has 5 atom stereocenters. The smallest absolute Gasteiger partial charge is 0.336 e. The number of hydrogen-bond donors (Lipinski definition) is 1. The average Bonchev–Trinajstić information content (AvgIpc) is 2.78. The Bertz CT molecular complexity index is 647. The van der Waals surface area contributed by atoms with E-state index >= 15 is 0 Å². The van der Waals surface area contributed by atoms with Crippen molar-refractivity contribution in [2.24, 2.45) is 22.7 Å². The first kappa shape index (κ1) is 19.6. The Hall–Kier alpha value is -1.13. The van der Waals surface area contributed by atoms with E-state index in [2.05, 4.69) is 33.8 Å². The molecule has 0 radical (unpaired) electrons. The van der Waals surface area contributed by atoms with Crippen molar-refractivity contribution >= 4 is 5.97 Å². The van der Waals surface area contributed by atoms with E-state index in [1.54, 1.807) is 7.11 Å². The fourth-order valence-electron chi connectivity index (χ4n) is 5.84. The SMILES string of the molecule is COC(=O)C1=C2C=C3[C@@H](O)C[C@H](C(C)C)[C@@]3(C)CC[C@]2(C)CC[C@@H]1OC. The van der Waals surface area contributed by atoms with E-state index in [0.717, 1.165) is 43.3 Å². The molecule has 0 saturated heterocycles. The van der Waals surface area contributed by atoms with Crippen molar-refractivity contribution in [1.82, 2.24) is 0 Å². The summed E-state index contributed by atoms with van der Waals surface area (Å²) in [4.78, 5) is 12.6. The number of carbonyl (C=O) groups is 1. The molecule has 4 heteroatoms. The molecule has 0 bridgehead atoms. The Morgan fingerprint density at radius 3 is 2.50 bits per heavy atom. The Morgan fingerprint density at radius 2 is 1.92 bits per heavy atom. The van der Waals surface area contributed by atoms with E-state index in [0.29, 0.717) is 17.4 Å². The Kier molecular flexibility index (Phi) is 5.13. The summed E-state index contributed by atoms with van der Waals surface area (Å²) in [6, 6.07) is 0. The molecular weight excluding hydrogens is 328 g/mol. The highest BCUT2D eigenvalue weighted by atomic mass is 16.5. The van der Waals surface area contributed by atoms with Crippen LogP contribution in [0.5, 0.6) is 0 Å². The van der Waals surface area contributed by atoms with Crippen LogP contribution in [0.25, 0.3) is 0 Å². The van der Waals surface area contributed by atoms with Crippen LogP contribution >= 0.6 is 0 Å². The van der Waals surface area contributed by atoms with Crippen LogP contribution in [0.1, 0.15) is 59.8 Å². The van der Waals surface area contributed by atoms with E-state index in [1.807, 2.05) is 0 Å². The second-order valence-electron chi connectivity index (χ2n) is 9.26. The van der Waals surface area contributed by atoms with E-state index in [-0.39, 0.29) is 22.9 Å². The van der Waals surface area contributed by atoms with Crippen LogP contribution in [0.3, 0.4) is 0 Å². The van der Waals surface area contributed by atoms with Gasteiger partial charge in [0.25, 0.3) is 0 Å². The number of rotatable bonds is 3. The predicted molar refractivity (Wildman–Crippen MR) is 102 cm³/mol. The highest BCUT2D eigenvalue weighted by Crippen LogP contribution is 2.59. The van der Waals surface area contributed by atoms with Gasteiger partial charge in [0.05, 0.1) is 24.9 Å². The van der Waals surface area contributed by atoms with Crippen molar-refractivity contribution in [3.63, 3.8) is 0 Å². The number of ether oxygens (including phenoxy) is 2. The molecule has 0 aliphatic heterocycles. The molecule has 3 aliphatic rings. The maximum Gasteiger partial charge on any atom is 0.336 e. The third-order valence-corrected chi connectivity index (χ3v) is 7.53. The number of hydrogen-bond acceptors (Lipinski definition) is 4. The summed E-state index contributed by atoms with van der Waals surface area (Å²) in [5.74, 6) is 0.688. The molecule has 3 aliphatic carbocycles. The molecule has 0 unspecified atom stereocenters. The topological polar surface area (TPSA) is 55.8 Å². The molecule has 0 aromatic rings. The van der Waals surface area contributed by atoms with Gasteiger partial charge in [-0.3, -0.25) is 0 Å². The maximum atomic E-state index is 12.6. The molecule has 0 aromatic carbocycles. The lowest BCUT2D eigenvalue weighted by atomic mass is 9.65. The lowest BCUT2D eigenvalue weighted by Crippen LogP contribution is -2.35. The molecule has 0 spiro atoms. The minimum absolute atomic E-state index is 0.00920. The first-order chi connectivity index (χ1) is 12.2. The van der Waals surface area contributed by atoms with Crippen LogP contribution in [0.2, 0.25) is 0 Å². The molecule has 1 N–H and O–H groups in total. The number of aliphatic hydroxyl groups is 1. The molecule has 0 aromatic heterocycles. The molecule has 1 fully saturated rings. The Morgan fingerprint density at radius 1 is 1.23 bits per heavy atom. The molecule has 1 saturated carbocycles. The van der Waals surface area contributed by atoms with Crippen LogP contribution in [-0.2, 0) is 14.3 Å². The summed E-state index contributed by atoms with van der Waals surface area (Å²) in [5, 5.41) is 10.9. The summed E-state index contributed by atoms with van der Waals surface area (Å²) in [5.41, 5.74) is 2.71. The molecule has 4 nitrogen and oxygen atoms in total. The number of fused-ring (bicyclic) bond motifs is 2. The van der Waals surface area contributed by atoms with Crippen LogP contribution in [0, 0.1) is 22.7 Å². The summed E-state index contributed by atoms with van der Waals surface area (Å²) in [6.45, 7) is 9.08. The predicted octanol–water partition coefficient (Wildman–Crippen LogP) is 4.03. The highest BCUT2D eigenvalue weighted by molar-refractivity contribution is 5.91. The van der Waals surface area contributed by atoms with Gasteiger partial charge in [-0.2, -0.15) is 0 Å². The van der Waals surface area contributed by atoms with Crippen LogP contribution in [0.4, 0.5) is 0 Å². The van der Waals surface area contributed by atoms with Crippen molar-refractivity contribution in [2.75, 3.05) is 14.2 Å². The zero-order valence-electron chi connectivity index (χ0n) is 17.1. The van der Waals surface area contributed by atoms with Gasteiger partial charge in [0.1, 0.15) is 0 Å². The fourth-order valence-corrected chi connectivity index (χ4v) is 5.84. The summed E-state index contributed by atoms with van der Waals surface area (Å²) >= 11 is 0. The van der Waals surface area contributed by atoms with Gasteiger partial charge in [-0.25, -0.2) is 4.79 Å². The van der Waals surface area contributed by atoms with Gasteiger partial charge in [0, 0.05) is 7.11 Å². The lowest BCUT2D eigenvalue weighted by Gasteiger charge is -2.40. The normalized spacial score (nSPS) is 40.0. The van der Waals surface area contributed by atoms with E-state index in [9.17, 15) is 9.90 Å². The van der Waals surface area contributed by atoms with Gasteiger partial charge >= 0.3 is 5.97 Å². The van der Waals surface area contributed by atoms with Crippen molar-refractivity contribution in [2.45, 2.75) is 72.0 Å². The monoisotopic (exact) mass is 362 g/mol. The largest absolute Gasteiger partial charge is 0.466 e. The third kappa shape index (κ3) is 2.86. The lowest BCUT2D eigenvalue weighted by molar-refractivity contribution is -0.138. The minimum Gasteiger partial charge on any atom is -0.466 e. The first-order valence-electron chi connectivity index (χ1n) is 9.94. The van der Waals surface area contributed by atoms with Crippen molar-refractivity contribution < 1.29 is 19.4 Å².